The minimum atomic E-state index is -0.835. The van der Waals surface area contributed by atoms with E-state index in [1.165, 1.54) is 6.07 Å². The Morgan fingerprint density at radius 1 is 1.10 bits per heavy atom. The van der Waals surface area contributed by atoms with Crippen molar-refractivity contribution in [1.29, 1.82) is 0 Å². The molecule has 1 heterocycles. The monoisotopic (exact) mass is 287 g/mol. The van der Waals surface area contributed by atoms with Crippen molar-refractivity contribution in [3.63, 3.8) is 0 Å². The molecule has 0 radical (unpaired) electrons. The number of hydrogen-bond acceptors (Lipinski definition) is 2. The van der Waals surface area contributed by atoms with E-state index in [1.54, 1.807) is 6.07 Å². The Bertz CT molecular complexity index is 809. The SMILES string of the molecule is CCc1nc2cc(N)ccc2n1Cc1ccc(F)c(F)c1. The number of anilines is 1. The summed E-state index contributed by atoms with van der Waals surface area (Å²) in [6.07, 6.45) is 0.748. The third-order valence-electron chi connectivity index (χ3n) is 3.49. The molecule has 3 rings (SSSR count). The minimum absolute atomic E-state index is 0.445. The first-order valence-corrected chi connectivity index (χ1v) is 6.77. The van der Waals surface area contributed by atoms with Crippen LogP contribution in [0.4, 0.5) is 14.5 Å². The van der Waals surface area contributed by atoms with Gasteiger partial charge in [0.25, 0.3) is 0 Å². The average molecular weight is 287 g/mol. The van der Waals surface area contributed by atoms with E-state index in [1.807, 2.05) is 29.7 Å². The Morgan fingerprint density at radius 3 is 2.62 bits per heavy atom. The first-order chi connectivity index (χ1) is 10.1. The van der Waals surface area contributed by atoms with Crippen molar-refractivity contribution in [3.8, 4) is 0 Å². The number of nitrogens with zero attached hydrogens (tertiary/aromatic N) is 2. The molecule has 0 amide bonds. The Labute approximate surface area is 121 Å². The third kappa shape index (κ3) is 2.46. The van der Waals surface area contributed by atoms with Gasteiger partial charge in [-0.05, 0) is 35.9 Å². The maximum atomic E-state index is 13.3. The first kappa shape index (κ1) is 13.5. The Morgan fingerprint density at radius 2 is 1.90 bits per heavy atom. The second kappa shape index (κ2) is 5.16. The standard InChI is InChI=1S/C16H15F2N3/c1-2-16-20-14-8-11(19)4-6-15(14)21(16)9-10-3-5-12(17)13(18)7-10/h3-8H,2,9,19H2,1H3. The summed E-state index contributed by atoms with van der Waals surface area (Å²) in [6.45, 7) is 2.45. The lowest BCUT2D eigenvalue weighted by atomic mass is 10.2. The van der Waals surface area contributed by atoms with Crippen LogP contribution in [0.25, 0.3) is 11.0 Å². The highest BCUT2D eigenvalue weighted by Crippen LogP contribution is 2.21. The first-order valence-electron chi connectivity index (χ1n) is 6.77. The van der Waals surface area contributed by atoms with Crippen LogP contribution >= 0.6 is 0 Å². The topological polar surface area (TPSA) is 43.8 Å². The second-order valence-corrected chi connectivity index (χ2v) is 4.96. The predicted octanol–water partition coefficient (Wildman–Crippen LogP) is 3.51. The fourth-order valence-electron chi connectivity index (χ4n) is 2.46. The third-order valence-corrected chi connectivity index (χ3v) is 3.49. The number of nitrogen functional groups attached to an aromatic ring is 1. The molecule has 2 N–H and O–H groups in total. The molecular weight excluding hydrogens is 272 g/mol. The lowest BCUT2D eigenvalue weighted by Gasteiger charge is -2.09. The van der Waals surface area contributed by atoms with Crippen LogP contribution in [0.15, 0.2) is 36.4 Å². The van der Waals surface area contributed by atoms with E-state index < -0.39 is 11.6 Å². The zero-order valence-electron chi connectivity index (χ0n) is 11.6. The lowest BCUT2D eigenvalue weighted by molar-refractivity contribution is 0.506. The van der Waals surface area contributed by atoms with Gasteiger partial charge in [0.05, 0.1) is 11.0 Å². The zero-order valence-corrected chi connectivity index (χ0v) is 11.6. The van der Waals surface area contributed by atoms with Crippen LogP contribution in [0.2, 0.25) is 0 Å². The summed E-state index contributed by atoms with van der Waals surface area (Å²) in [7, 11) is 0. The maximum absolute atomic E-state index is 13.3. The number of nitrogens with two attached hydrogens (primary N) is 1. The lowest BCUT2D eigenvalue weighted by Crippen LogP contribution is -2.05. The summed E-state index contributed by atoms with van der Waals surface area (Å²) >= 11 is 0. The highest BCUT2D eigenvalue weighted by Gasteiger charge is 2.11. The summed E-state index contributed by atoms with van der Waals surface area (Å²) in [4.78, 5) is 4.54. The van der Waals surface area contributed by atoms with Crippen LogP contribution in [0.1, 0.15) is 18.3 Å². The molecule has 0 atom stereocenters. The van der Waals surface area contributed by atoms with E-state index in [0.29, 0.717) is 17.8 Å². The smallest absolute Gasteiger partial charge is 0.159 e. The van der Waals surface area contributed by atoms with Gasteiger partial charge in [-0.1, -0.05) is 13.0 Å². The summed E-state index contributed by atoms with van der Waals surface area (Å²) in [5.41, 5.74) is 8.87. The van der Waals surface area contributed by atoms with Gasteiger partial charge in [0.15, 0.2) is 11.6 Å². The van der Waals surface area contributed by atoms with Crippen LogP contribution in [0.5, 0.6) is 0 Å². The van der Waals surface area contributed by atoms with Crippen molar-refractivity contribution >= 4 is 16.7 Å². The number of rotatable bonds is 3. The summed E-state index contributed by atoms with van der Waals surface area (Å²) in [6, 6.07) is 9.48. The number of fused-ring (bicyclic) bond motifs is 1. The van der Waals surface area contributed by atoms with Crippen molar-refractivity contribution in [2.45, 2.75) is 19.9 Å². The number of imidazole rings is 1. The average Bonchev–Trinajstić information content (AvgIpc) is 2.80. The van der Waals surface area contributed by atoms with Crippen LogP contribution in [0.3, 0.4) is 0 Å². The molecule has 3 nitrogen and oxygen atoms in total. The Balaban J connectivity index is 2.08. The Hall–Kier alpha value is -2.43. The highest BCUT2D eigenvalue weighted by atomic mass is 19.2. The van der Waals surface area contributed by atoms with Crippen molar-refractivity contribution in [3.05, 3.63) is 59.4 Å². The van der Waals surface area contributed by atoms with Gasteiger partial charge in [-0.15, -0.1) is 0 Å². The molecule has 5 heteroatoms. The molecule has 0 bridgehead atoms. The zero-order chi connectivity index (χ0) is 15.0. The number of aryl methyl sites for hydroxylation is 1. The summed E-state index contributed by atoms with van der Waals surface area (Å²) in [5.74, 6) is -0.780. The molecule has 3 aromatic rings. The number of aromatic nitrogens is 2. The van der Waals surface area contributed by atoms with Gasteiger partial charge < -0.3 is 10.3 Å². The van der Waals surface area contributed by atoms with Crippen LogP contribution in [-0.2, 0) is 13.0 Å². The quantitative estimate of drug-likeness (QED) is 0.749. The molecule has 0 saturated heterocycles. The largest absolute Gasteiger partial charge is 0.399 e. The number of halogens is 2. The van der Waals surface area contributed by atoms with Crippen LogP contribution in [0, 0.1) is 11.6 Å². The van der Waals surface area contributed by atoms with Crippen LogP contribution < -0.4 is 5.73 Å². The molecule has 0 aliphatic heterocycles. The van der Waals surface area contributed by atoms with Crippen LogP contribution in [-0.4, -0.2) is 9.55 Å². The fraction of sp³-hybridized carbons (Fsp3) is 0.188. The normalized spacial score (nSPS) is 11.2. The highest BCUT2D eigenvalue weighted by molar-refractivity contribution is 5.79. The molecule has 0 aliphatic carbocycles. The predicted molar refractivity (Wildman–Crippen MR) is 79.0 cm³/mol. The molecule has 0 saturated carbocycles. The molecule has 21 heavy (non-hydrogen) atoms. The maximum Gasteiger partial charge on any atom is 0.159 e. The van der Waals surface area contributed by atoms with Gasteiger partial charge in [-0.25, -0.2) is 13.8 Å². The van der Waals surface area contributed by atoms with E-state index in [0.717, 1.165) is 29.3 Å². The molecule has 0 unspecified atom stereocenters. The van der Waals surface area contributed by atoms with Gasteiger partial charge in [-0.3, -0.25) is 0 Å². The molecular formula is C16H15F2N3. The number of hydrogen-bond donors (Lipinski definition) is 1. The molecule has 0 spiro atoms. The second-order valence-electron chi connectivity index (χ2n) is 4.96. The van der Waals surface area contributed by atoms with E-state index >= 15 is 0 Å². The summed E-state index contributed by atoms with van der Waals surface area (Å²) in [5, 5.41) is 0. The van der Waals surface area contributed by atoms with E-state index in [-0.39, 0.29) is 0 Å². The van der Waals surface area contributed by atoms with Crippen molar-refractivity contribution in [1.82, 2.24) is 9.55 Å². The molecule has 0 fully saturated rings. The van der Waals surface area contributed by atoms with Crippen molar-refractivity contribution < 1.29 is 8.78 Å². The molecule has 2 aromatic carbocycles. The van der Waals surface area contributed by atoms with E-state index in [2.05, 4.69) is 4.98 Å². The van der Waals surface area contributed by atoms with Gasteiger partial charge in [0, 0.05) is 18.7 Å². The minimum Gasteiger partial charge on any atom is -0.399 e. The van der Waals surface area contributed by atoms with E-state index in [9.17, 15) is 8.78 Å². The van der Waals surface area contributed by atoms with E-state index in [4.69, 9.17) is 5.73 Å². The van der Waals surface area contributed by atoms with Gasteiger partial charge in [0.2, 0.25) is 0 Å². The number of benzene rings is 2. The van der Waals surface area contributed by atoms with Crippen molar-refractivity contribution in [2.75, 3.05) is 5.73 Å². The molecule has 108 valence electrons. The molecule has 1 aromatic heterocycles. The fourth-order valence-corrected chi connectivity index (χ4v) is 2.46. The van der Waals surface area contributed by atoms with Gasteiger partial charge in [0.1, 0.15) is 5.82 Å². The van der Waals surface area contributed by atoms with Gasteiger partial charge in [-0.2, -0.15) is 0 Å². The summed E-state index contributed by atoms with van der Waals surface area (Å²) < 4.78 is 28.4. The Kier molecular flexibility index (Phi) is 3.33. The molecule has 0 aliphatic rings. The van der Waals surface area contributed by atoms with Crippen molar-refractivity contribution in [2.24, 2.45) is 0 Å². The van der Waals surface area contributed by atoms with Gasteiger partial charge >= 0.3 is 0 Å².